The predicted octanol–water partition coefficient (Wildman–Crippen LogP) is 3.87. The fourth-order valence-corrected chi connectivity index (χ4v) is 1.92. The summed E-state index contributed by atoms with van der Waals surface area (Å²) in [5.74, 6) is -0.537. The molecule has 0 saturated heterocycles. The Morgan fingerprint density at radius 3 is 2.47 bits per heavy atom. The Morgan fingerprint density at radius 2 is 1.89 bits per heavy atom. The van der Waals surface area contributed by atoms with Gasteiger partial charge in [-0.15, -0.1) is 0 Å². The molecule has 2 rings (SSSR count). The highest BCUT2D eigenvalue weighted by atomic mass is 35.5. The molecule has 0 spiro atoms. The van der Waals surface area contributed by atoms with Crippen LogP contribution in [-0.4, -0.2) is 11.2 Å². The predicted molar refractivity (Wildman–Crippen MR) is 68.9 cm³/mol. The molecule has 2 aromatic rings. The van der Waals surface area contributed by atoms with E-state index in [9.17, 15) is 19.3 Å². The summed E-state index contributed by atoms with van der Waals surface area (Å²) in [5.41, 5.74) is 0.466. The zero-order valence-electron chi connectivity index (χ0n) is 9.47. The number of rotatable bonds is 3. The first-order valence-electron chi connectivity index (χ1n) is 5.21. The maximum absolute atomic E-state index is 13.2. The molecule has 96 valence electrons. The van der Waals surface area contributed by atoms with Crippen molar-refractivity contribution >= 4 is 23.6 Å². The first-order valence-corrected chi connectivity index (χ1v) is 5.59. The smallest absolute Gasteiger partial charge is 0.280 e. The number of hydrogen-bond donors (Lipinski definition) is 0. The second-order valence-corrected chi connectivity index (χ2v) is 4.24. The van der Waals surface area contributed by atoms with E-state index in [0.717, 1.165) is 6.07 Å². The Labute approximate surface area is 112 Å². The molecular weight excluding hydrogens is 273 g/mol. The maximum Gasteiger partial charge on any atom is 0.280 e. The van der Waals surface area contributed by atoms with E-state index in [1.54, 1.807) is 0 Å². The highest BCUT2D eigenvalue weighted by Gasteiger charge is 2.15. The number of nitro benzene ring substituents is 1. The number of carbonyl (C=O) groups is 1. The molecule has 0 saturated carbocycles. The van der Waals surface area contributed by atoms with Crippen LogP contribution >= 0.6 is 11.6 Å². The van der Waals surface area contributed by atoms with Gasteiger partial charge in [0.15, 0.2) is 6.29 Å². The van der Waals surface area contributed by atoms with Crippen molar-refractivity contribution in [3.63, 3.8) is 0 Å². The zero-order valence-corrected chi connectivity index (χ0v) is 10.2. The maximum atomic E-state index is 13.2. The average molecular weight is 280 g/mol. The number of carbonyl (C=O) groups excluding carboxylic acids is 1. The van der Waals surface area contributed by atoms with Crippen molar-refractivity contribution < 1.29 is 14.1 Å². The van der Waals surface area contributed by atoms with Crippen molar-refractivity contribution in [1.82, 2.24) is 0 Å². The number of nitro groups is 1. The van der Waals surface area contributed by atoms with E-state index in [2.05, 4.69) is 0 Å². The molecule has 0 atom stereocenters. The van der Waals surface area contributed by atoms with Crippen LogP contribution in [0.5, 0.6) is 0 Å². The third kappa shape index (κ3) is 2.77. The van der Waals surface area contributed by atoms with Gasteiger partial charge >= 0.3 is 0 Å². The van der Waals surface area contributed by atoms with Crippen LogP contribution < -0.4 is 0 Å². The molecule has 0 fully saturated rings. The van der Waals surface area contributed by atoms with Crippen molar-refractivity contribution in [3.8, 4) is 11.1 Å². The van der Waals surface area contributed by atoms with Crippen LogP contribution in [0, 0.1) is 15.9 Å². The van der Waals surface area contributed by atoms with Crippen LogP contribution in [0.3, 0.4) is 0 Å². The van der Waals surface area contributed by atoms with Crippen molar-refractivity contribution in [1.29, 1.82) is 0 Å². The summed E-state index contributed by atoms with van der Waals surface area (Å²) in [5, 5.41) is 11.0. The normalized spacial score (nSPS) is 10.2. The van der Waals surface area contributed by atoms with Crippen LogP contribution in [0.2, 0.25) is 5.02 Å². The second-order valence-electron chi connectivity index (χ2n) is 3.81. The highest BCUT2D eigenvalue weighted by molar-refractivity contribution is 6.30. The molecule has 0 aromatic heterocycles. The van der Waals surface area contributed by atoms with Gasteiger partial charge in [0.1, 0.15) is 5.82 Å². The fraction of sp³-hybridized carbons (Fsp3) is 0. The lowest BCUT2D eigenvalue weighted by atomic mass is 10.0. The van der Waals surface area contributed by atoms with Gasteiger partial charge in [-0.1, -0.05) is 17.7 Å². The van der Waals surface area contributed by atoms with Crippen LogP contribution in [-0.2, 0) is 0 Å². The van der Waals surface area contributed by atoms with Crippen molar-refractivity contribution in [2.24, 2.45) is 0 Å². The molecule has 0 N–H and O–H groups in total. The van der Waals surface area contributed by atoms with E-state index < -0.39 is 10.7 Å². The second kappa shape index (κ2) is 5.16. The summed E-state index contributed by atoms with van der Waals surface area (Å²) in [7, 11) is 0. The quantitative estimate of drug-likeness (QED) is 0.487. The average Bonchev–Trinajstić information content (AvgIpc) is 2.36. The number of hydrogen-bond acceptors (Lipinski definition) is 3. The van der Waals surface area contributed by atoms with E-state index >= 15 is 0 Å². The van der Waals surface area contributed by atoms with Crippen molar-refractivity contribution in [3.05, 3.63) is 62.9 Å². The Morgan fingerprint density at radius 1 is 1.16 bits per heavy atom. The Hall–Kier alpha value is -2.27. The summed E-state index contributed by atoms with van der Waals surface area (Å²) in [6.45, 7) is 0. The molecule has 0 bridgehead atoms. The molecule has 0 unspecified atom stereocenters. The van der Waals surface area contributed by atoms with Gasteiger partial charge < -0.3 is 0 Å². The monoisotopic (exact) mass is 279 g/mol. The number of aldehydes is 1. The van der Waals surface area contributed by atoms with Crippen LogP contribution in [0.1, 0.15) is 10.4 Å². The molecule has 0 heterocycles. The first-order chi connectivity index (χ1) is 9.01. The first kappa shape index (κ1) is 13.2. The minimum absolute atomic E-state index is 0.0312. The lowest BCUT2D eigenvalue weighted by Crippen LogP contribution is -1.95. The largest absolute Gasteiger partial charge is 0.298 e. The van der Waals surface area contributed by atoms with Gasteiger partial charge in [-0.25, -0.2) is 4.39 Å². The van der Waals surface area contributed by atoms with Gasteiger partial charge in [-0.3, -0.25) is 14.9 Å². The standard InChI is InChI=1S/C13H7ClFNO3/c14-11-3-10(4-12(15)6-11)8-1-2-9(7-17)13(5-8)16(18)19/h1-7H. The van der Waals surface area contributed by atoms with Gasteiger partial charge in [0.25, 0.3) is 5.69 Å². The summed E-state index contributed by atoms with van der Waals surface area (Å²) in [6, 6.07) is 7.88. The molecule has 0 radical (unpaired) electrons. The van der Waals surface area contributed by atoms with Crippen molar-refractivity contribution in [2.45, 2.75) is 0 Å². The SMILES string of the molecule is O=Cc1ccc(-c2cc(F)cc(Cl)c2)cc1[N+](=O)[O-]. The van der Waals surface area contributed by atoms with Gasteiger partial charge in [0.05, 0.1) is 10.5 Å². The van der Waals surface area contributed by atoms with E-state index in [1.165, 1.54) is 30.3 Å². The highest BCUT2D eigenvalue weighted by Crippen LogP contribution is 2.28. The number of halogens is 2. The summed E-state index contributed by atoms with van der Waals surface area (Å²) in [4.78, 5) is 20.9. The molecular formula is C13H7ClFNO3. The molecule has 0 aliphatic rings. The topological polar surface area (TPSA) is 60.2 Å². The van der Waals surface area contributed by atoms with Crippen molar-refractivity contribution in [2.75, 3.05) is 0 Å². The van der Waals surface area contributed by atoms with Gasteiger partial charge in [0.2, 0.25) is 0 Å². The zero-order chi connectivity index (χ0) is 14.0. The molecule has 4 nitrogen and oxygen atoms in total. The van der Waals surface area contributed by atoms with Gasteiger partial charge in [-0.05, 0) is 35.4 Å². The van der Waals surface area contributed by atoms with Gasteiger partial charge in [0, 0.05) is 11.1 Å². The minimum Gasteiger partial charge on any atom is -0.298 e. The van der Waals surface area contributed by atoms with Gasteiger partial charge in [-0.2, -0.15) is 0 Å². The summed E-state index contributed by atoms with van der Waals surface area (Å²) in [6.07, 6.45) is 0.403. The molecule has 6 heteroatoms. The van der Waals surface area contributed by atoms with Crippen LogP contribution in [0.15, 0.2) is 36.4 Å². The number of benzene rings is 2. The van der Waals surface area contributed by atoms with Crippen LogP contribution in [0.4, 0.5) is 10.1 Å². The lowest BCUT2D eigenvalue weighted by Gasteiger charge is -2.04. The van der Waals surface area contributed by atoms with Crippen LogP contribution in [0.25, 0.3) is 11.1 Å². The fourth-order valence-electron chi connectivity index (χ4n) is 1.70. The molecule has 0 aliphatic carbocycles. The Bertz CT molecular complexity index is 653. The molecule has 2 aromatic carbocycles. The third-order valence-corrected chi connectivity index (χ3v) is 2.77. The minimum atomic E-state index is -0.659. The molecule has 0 aliphatic heterocycles. The molecule has 19 heavy (non-hydrogen) atoms. The van der Waals surface area contributed by atoms with E-state index in [-0.39, 0.29) is 16.3 Å². The Balaban J connectivity index is 2.60. The Kier molecular flexibility index (Phi) is 3.57. The van der Waals surface area contributed by atoms with E-state index in [1.807, 2.05) is 0 Å². The van der Waals surface area contributed by atoms with E-state index in [4.69, 9.17) is 11.6 Å². The molecule has 0 amide bonds. The number of nitrogens with zero attached hydrogens (tertiary/aromatic N) is 1. The lowest BCUT2D eigenvalue weighted by molar-refractivity contribution is -0.385. The third-order valence-electron chi connectivity index (χ3n) is 2.55. The summed E-state index contributed by atoms with van der Waals surface area (Å²) < 4.78 is 13.2. The van der Waals surface area contributed by atoms with E-state index in [0.29, 0.717) is 17.4 Å². The summed E-state index contributed by atoms with van der Waals surface area (Å²) >= 11 is 5.73.